The summed E-state index contributed by atoms with van der Waals surface area (Å²) in [5.74, 6) is 2.00. The molecule has 0 N–H and O–H groups in total. The SMILES string of the molecule is SCCCCCOCCCCCS. The summed E-state index contributed by atoms with van der Waals surface area (Å²) < 4.78 is 5.48. The predicted octanol–water partition coefficient (Wildman–Crippen LogP) is 3.20. The van der Waals surface area contributed by atoms with Crippen molar-refractivity contribution in [1.82, 2.24) is 0 Å². The molecule has 0 radical (unpaired) electrons. The molecular formula is C10H22OS2. The fourth-order valence-corrected chi connectivity index (χ4v) is 1.53. The van der Waals surface area contributed by atoms with Crippen molar-refractivity contribution < 1.29 is 4.74 Å². The molecule has 0 saturated heterocycles. The van der Waals surface area contributed by atoms with Gasteiger partial charge in [-0.25, -0.2) is 0 Å². The molecule has 0 spiro atoms. The molecule has 0 rings (SSSR count). The first-order valence-electron chi connectivity index (χ1n) is 5.21. The largest absolute Gasteiger partial charge is 0.381 e. The monoisotopic (exact) mass is 222 g/mol. The highest BCUT2D eigenvalue weighted by molar-refractivity contribution is 7.80. The molecule has 0 heterocycles. The minimum absolute atomic E-state index is 0.925. The molecule has 13 heavy (non-hydrogen) atoms. The maximum atomic E-state index is 5.48. The summed E-state index contributed by atoms with van der Waals surface area (Å²) in [5.41, 5.74) is 0. The third-order valence-corrected chi connectivity index (χ3v) is 2.53. The van der Waals surface area contributed by atoms with Crippen LogP contribution in [0.5, 0.6) is 0 Å². The van der Waals surface area contributed by atoms with E-state index in [-0.39, 0.29) is 0 Å². The Bertz CT molecular complexity index is 79.0. The van der Waals surface area contributed by atoms with E-state index in [9.17, 15) is 0 Å². The van der Waals surface area contributed by atoms with Crippen molar-refractivity contribution in [2.24, 2.45) is 0 Å². The van der Waals surface area contributed by atoms with Gasteiger partial charge in [-0.15, -0.1) is 0 Å². The summed E-state index contributed by atoms with van der Waals surface area (Å²) in [6.07, 6.45) is 7.30. The standard InChI is InChI=1S/C10H22OS2/c12-9-5-1-3-7-11-8-4-2-6-10-13/h12-13H,1-10H2. The molecule has 0 unspecified atom stereocenters. The second kappa shape index (κ2) is 12.7. The zero-order valence-corrected chi connectivity index (χ0v) is 10.2. The fourth-order valence-electron chi connectivity index (χ4n) is 1.09. The van der Waals surface area contributed by atoms with Crippen LogP contribution in [0.1, 0.15) is 38.5 Å². The average molecular weight is 222 g/mol. The lowest BCUT2D eigenvalue weighted by atomic mass is 10.2. The lowest BCUT2D eigenvalue weighted by Crippen LogP contribution is -1.97. The van der Waals surface area contributed by atoms with Crippen LogP contribution in [-0.4, -0.2) is 24.7 Å². The molecule has 0 aromatic carbocycles. The summed E-state index contributed by atoms with van der Waals surface area (Å²) in [6, 6.07) is 0. The summed E-state index contributed by atoms with van der Waals surface area (Å²) in [6.45, 7) is 1.85. The Labute approximate surface area is 93.4 Å². The van der Waals surface area contributed by atoms with Gasteiger partial charge in [-0.1, -0.05) is 12.8 Å². The van der Waals surface area contributed by atoms with E-state index in [1.54, 1.807) is 0 Å². The van der Waals surface area contributed by atoms with Crippen LogP contribution < -0.4 is 0 Å². The van der Waals surface area contributed by atoms with E-state index in [0.717, 1.165) is 24.7 Å². The van der Waals surface area contributed by atoms with Gasteiger partial charge in [-0.3, -0.25) is 0 Å². The highest BCUT2D eigenvalue weighted by Gasteiger charge is 1.90. The number of hydrogen-bond donors (Lipinski definition) is 2. The van der Waals surface area contributed by atoms with E-state index in [0.29, 0.717) is 0 Å². The molecule has 0 aliphatic heterocycles. The number of unbranched alkanes of at least 4 members (excludes halogenated alkanes) is 4. The Morgan fingerprint density at radius 1 is 0.615 bits per heavy atom. The van der Waals surface area contributed by atoms with Crippen molar-refractivity contribution >= 4 is 25.3 Å². The highest BCUT2D eigenvalue weighted by atomic mass is 32.1. The van der Waals surface area contributed by atoms with Gasteiger partial charge in [0.25, 0.3) is 0 Å². The molecule has 0 bridgehead atoms. The van der Waals surface area contributed by atoms with E-state index in [1.165, 1.54) is 38.5 Å². The molecule has 0 fully saturated rings. The number of thiol groups is 2. The maximum Gasteiger partial charge on any atom is 0.0466 e. The van der Waals surface area contributed by atoms with Gasteiger partial charge in [0.05, 0.1) is 0 Å². The summed E-state index contributed by atoms with van der Waals surface area (Å²) in [4.78, 5) is 0. The molecular weight excluding hydrogens is 200 g/mol. The maximum absolute atomic E-state index is 5.48. The van der Waals surface area contributed by atoms with E-state index in [2.05, 4.69) is 25.3 Å². The van der Waals surface area contributed by atoms with Crippen molar-refractivity contribution in [3.63, 3.8) is 0 Å². The van der Waals surface area contributed by atoms with Crippen molar-refractivity contribution in [3.05, 3.63) is 0 Å². The molecule has 0 amide bonds. The van der Waals surface area contributed by atoms with Crippen molar-refractivity contribution in [2.75, 3.05) is 24.7 Å². The van der Waals surface area contributed by atoms with Crippen molar-refractivity contribution in [2.45, 2.75) is 38.5 Å². The summed E-state index contributed by atoms with van der Waals surface area (Å²) in [5, 5.41) is 0. The third kappa shape index (κ3) is 12.7. The van der Waals surface area contributed by atoms with Crippen LogP contribution >= 0.6 is 25.3 Å². The van der Waals surface area contributed by atoms with Crippen molar-refractivity contribution in [3.8, 4) is 0 Å². The first-order valence-corrected chi connectivity index (χ1v) is 6.47. The Kier molecular flexibility index (Phi) is 13.3. The summed E-state index contributed by atoms with van der Waals surface area (Å²) in [7, 11) is 0. The smallest absolute Gasteiger partial charge is 0.0466 e. The van der Waals surface area contributed by atoms with Gasteiger partial charge >= 0.3 is 0 Å². The van der Waals surface area contributed by atoms with Crippen LogP contribution in [0.15, 0.2) is 0 Å². The first-order chi connectivity index (χ1) is 6.41. The van der Waals surface area contributed by atoms with Gasteiger partial charge in [-0.2, -0.15) is 25.3 Å². The topological polar surface area (TPSA) is 9.23 Å². The van der Waals surface area contributed by atoms with Gasteiger partial charge in [0, 0.05) is 13.2 Å². The lowest BCUT2D eigenvalue weighted by Gasteiger charge is -2.02. The first kappa shape index (κ1) is 13.7. The zero-order chi connectivity index (χ0) is 9.78. The zero-order valence-electron chi connectivity index (χ0n) is 8.37. The summed E-state index contributed by atoms with van der Waals surface area (Å²) >= 11 is 8.31. The van der Waals surface area contributed by atoms with E-state index in [4.69, 9.17) is 4.74 Å². The Hall–Kier alpha value is 0.660. The van der Waals surface area contributed by atoms with Crippen LogP contribution in [0, 0.1) is 0 Å². The quantitative estimate of drug-likeness (QED) is 0.426. The van der Waals surface area contributed by atoms with Crippen LogP contribution in [-0.2, 0) is 4.74 Å². The van der Waals surface area contributed by atoms with E-state index >= 15 is 0 Å². The lowest BCUT2D eigenvalue weighted by molar-refractivity contribution is 0.126. The van der Waals surface area contributed by atoms with E-state index < -0.39 is 0 Å². The van der Waals surface area contributed by atoms with Gasteiger partial charge in [-0.05, 0) is 37.2 Å². The fraction of sp³-hybridized carbons (Fsp3) is 1.00. The van der Waals surface area contributed by atoms with Crippen LogP contribution in [0.25, 0.3) is 0 Å². The molecule has 0 aromatic rings. The molecule has 0 aliphatic carbocycles. The normalized spacial score (nSPS) is 10.6. The molecule has 0 aliphatic rings. The van der Waals surface area contributed by atoms with Gasteiger partial charge in [0.15, 0.2) is 0 Å². The number of rotatable bonds is 10. The van der Waals surface area contributed by atoms with Gasteiger partial charge in [0.2, 0.25) is 0 Å². The second-order valence-corrected chi connectivity index (χ2v) is 4.08. The predicted molar refractivity (Wildman–Crippen MR) is 66.2 cm³/mol. The van der Waals surface area contributed by atoms with Crippen LogP contribution in [0.4, 0.5) is 0 Å². The molecule has 0 saturated carbocycles. The minimum Gasteiger partial charge on any atom is -0.381 e. The second-order valence-electron chi connectivity index (χ2n) is 3.18. The number of hydrogen-bond acceptors (Lipinski definition) is 3. The Morgan fingerprint density at radius 2 is 1.08 bits per heavy atom. The Morgan fingerprint density at radius 3 is 1.46 bits per heavy atom. The molecule has 1 nitrogen and oxygen atoms in total. The van der Waals surface area contributed by atoms with Crippen LogP contribution in [0.2, 0.25) is 0 Å². The van der Waals surface area contributed by atoms with Gasteiger partial charge < -0.3 is 4.74 Å². The Balaban J connectivity index is 2.76. The molecule has 0 atom stereocenters. The number of ether oxygens (including phenoxy) is 1. The molecule has 3 heteroatoms. The average Bonchev–Trinajstić information content (AvgIpc) is 2.16. The minimum atomic E-state index is 0.925. The van der Waals surface area contributed by atoms with Crippen molar-refractivity contribution in [1.29, 1.82) is 0 Å². The van der Waals surface area contributed by atoms with E-state index in [1.807, 2.05) is 0 Å². The third-order valence-electron chi connectivity index (χ3n) is 1.89. The van der Waals surface area contributed by atoms with Gasteiger partial charge in [0.1, 0.15) is 0 Å². The molecule has 80 valence electrons. The highest BCUT2D eigenvalue weighted by Crippen LogP contribution is 2.00. The molecule has 0 aromatic heterocycles. The van der Waals surface area contributed by atoms with Crippen LogP contribution in [0.3, 0.4) is 0 Å².